The highest BCUT2D eigenvalue weighted by molar-refractivity contribution is 4.98. The Kier molecular flexibility index (Phi) is 17.6. The second kappa shape index (κ2) is 17.9. The van der Waals surface area contributed by atoms with Crippen LogP contribution in [0, 0.1) is 5.41 Å². The summed E-state index contributed by atoms with van der Waals surface area (Å²) in [6.45, 7) is -1.70. The first kappa shape index (κ1) is 37.3. The highest BCUT2D eigenvalue weighted by atomic mass is 16.8. The maximum Gasteiger partial charge on any atom is 0.224 e. The van der Waals surface area contributed by atoms with Gasteiger partial charge in [0.25, 0.3) is 0 Å². The average molecular weight is 569 g/mol. The smallest absolute Gasteiger partial charge is 0.224 e. The van der Waals surface area contributed by atoms with Gasteiger partial charge >= 0.3 is 0 Å². The van der Waals surface area contributed by atoms with E-state index in [1.807, 2.05) is 6.92 Å². The fraction of sp³-hybridized carbons (Fsp3) is 1.00. The Morgan fingerprint density at radius 2 is 1.24 bits per heavy atom. The van der Waals surface area contributed by atoms with Crippen molar-refractivity contribution >= 4 is 0 Å². The molecule has 2 aliphatic heterocycles. The molecule has 2 rings (SSSR count). The van der Waals surface area contributed by atoms with E-state index in [4.69, 9.17) is 55.1 Å². The molecular weight excluding hydrogens is 524 g/mol. The van der Waals surface area contributed by atoms with E-state index in [0.717, 1.165) is 0 Å². The highest BCUT2D eigenvalue weighted by Gasteiger charge is 2.58. The van der Waals surface area contributed by atoms with E-state index < -0.39 is 86.1 Å². The van der Waals surface area contributed by atoms with Crippen molar-refractivity contribution in [2.24, 2.45) is 5.41 Å². The van der Waals surface area contributed by atoms with Gasteiger partial charge in [-0.15, -0.1) is 0 Å². The summed E-state index contributed by atoms with van der Waals surface area (Å²) in [5, 5.41) is 127. The lowest BCUT2D eigenvalue weighted by atomic mass is 9.88. The van der Waals surface area contributed by atoms with Crippen molar-refractivity contribution in [2.75, 3.05) is 52.9 Å². The lowest BCUT2D eigenvalue weighted by Gasteiger charge is -2.43. The molecule has 17 nitrogen and oxygen atoms in total. The fourth-order valence-electron chi connectivity index (χ4n) is 3.17. The van der Waals surface area contributed by atoms with Crippen molar-refractivity contribution in [3.8, 4) is 0 Å². The number of aliphatic hydroxyl groups excluding tert-OH is 14. The molecule has 2 aliphatic rings. The maximum atomic E-state index is 10.00. The molecule has 38 heavy (non-hydrogen) atoms. The molecule has 0 spiro atoms. The quantitative estimate of drug-likeness (QED) is 0.110. The SMILES string of the molecule is CCC(CO)(CO)CO.OCC(O)CO.OC[C@H]1O[C@@](CO)(O[C@H]2O[C@H](CO)[C@@H](O)[C@H](O)[C@H]2O)[C@@H](O)[C@@H]1O. The van der Waals surface area contributed by atoms with E-state index in [-0.39, 0.29) is 33.0 Å². The van der Waals surface area contributed by atoms with Crippen LogP contribution in [-0.2, 0) is 14.2 Å². The number of hydrogen-bond donors (Lipinski definition) is 14. The van der Waals surface area contributed by atoms with E-state index in [1.54, 1.807) is 0 Å². The summed E-state index contributed by atoms with van der Waals surface area (Å²) in [6.07, 6.45) is -13.0. The van der Waals surface area contributed by atoms with Crippen molar-refractivity contribution in [1.82, 2.24) is 0 Å². The zero-order valence-electron chi connectivity index (χ0n) is 21.0. The van der Waals surface area contributed by atoms with Gasteiger partial charge in [-0.3, -0.25) is 0 Å². The van der Waals surface area contributed by atoms with Gasteiger partial charge in [0, 0.05) is 5.41 Å². The lowest BCUT2D eigenvalue weighted by Crippen LogP contribution is -2.62. The third kappa shape index (κ3) is 9.46. The lowest BCUT2D eigenvalue weighted by molar-refractivity contribution is -0.383. The Morgan fingerprint density at radius 1 is 0.737 bits per heavy atom. The fourth-order valence-corrected chi connectivity index (χ4v) is 3.17. The minimum atomic E-state index is -2.22. The first-order valence-corrected chi connectivity index (χ1v) is 11.8. The summed E-state index contributed by atoms with van der Waals surface area (Å²) in [7, 11) is 0. The summed E-state index contributed by atoms with van der Waals surface area (Å²) < 4.78 is 15.4. The minimum Gasteiger partial charge on any atom is -0.396 e. The van der Waals surface area contributed by atoms with Crippen LogP contribution in [0.4, 0.5) is 0 Å². The summed E-state index contributed by atoms with van der Waals surface area (Å²) in [6, 6.07) is 0. The largest absolute Gasteiger partial charge is 0.396 e. The standard InChI is InChI=1S/C12H22O11.C6H14O3.C3H8O3/c13-1-4-6(16)8(18)9(19)11(21-4)23-12(3-15)10(20)7(17)5(2-14)22-12;1-2-6(3-7,4-8)5-9;4-1-3(6)2-5/h4-11,13-20H,1-3H2;7-9H,2-5H2,1H3;3-6H,1-2H2/t4-,5-,6-,7-,8+,9-,10+,11-,12+;;/m1../s1. The van der Waals surface area contributed by atoms with E-state index >= 15 is 0 Å². The molecular formula is C21H44O17. The summed E-state index contributed by atoms with van der Waals surface area (Å²) >= 11 is 0. The molecule has 0 saturated carbocycles. The Morgan fingerprint density at radius 3 is 1.53 bits per heavy atom. The number of aliphatic hydroxyl groups is 14. The molecule has 230 valence electrons. The molecule has 0 amide bonds. The molecule has 0 aromatic carbocycles. The molecule has 0 aromatic rings. The molecule has 0 bridgehead atoms. The van der Waals surface area contributed by atoms with Crippen LogP contribution in [-0.4, -0.2) is 185 Å². The van der Waals surface area contributed by atoms with Crippen LogP contribution in [0.3, 0.4) is 0 Å². The van der Waals surface area contributed by atoms with Crippen LogP contribution >= 0.6 is 0 Å². The molecule has 14 N–H and O–H groups in total. The van der Waals surface area contributed by atoms with Gasteiger partial charge in [-0.2, -0.15) is 0 Å². The molecule has 2 fully saturated rings. The van der Waals surface area contributed by atoms with Gasteiger partial charge in [-0.25, -0.2) is 0 Å². The minimum absolute atomic E-state index is 0.156. The summed E-state index contributed by atoms with van der Waals surface area (Å²) in [5.74, 6) is -2.22. The van der Waals surface area contributed by atoms with Crippen molar-refractivity contribution in [3.05, 3.63) is 0 Å². The van der Waals surface area contributed by atoms with Gasteiger partial charge in [-0.1, -0.05) is 6.92 Å². The van der Waals surface area contributed by atoms with Crippen LogP contribution < -0.4 is 0 Å². The topological polar surface area (TPSA) is 311 Å². The van der Waals surface area contributed by atoms with E-state index in [1.165, 1.54) is 0 Å². The van der Waals surface area contributed by atoms with Gasteiger partial charge in [0.1, 0.15) is 55.4 Å². The van der Waals surface area contributed by atoms with Crippen LogP contribution in [0.25, 0.3) is 0 Å². The Labute approximate surface area is 218 Å². The third-order valence-electron chi connectivity index (χ3n) is 6.25. The van der Waals surface area contributed by atoms with Crippen LogP contribution in [0.2, 0.25) is 0 Å². The molecule has 17 heteroatoms. The van der Waals surface area contributed by atoms with E-state index in [9.17, 15) is 30.6 Å². The monoisotopic (exact) mass is 568 g/mol. The molecule has 0 aliphatic carbocycles. The highest BCUT2D eigenvalue weighted by Crippen LogP contribution is 2.35. The van der Waals surface area contributed by atoms with Crippen LogP contribution in [0.15, 0.2) is 0 Å². The second-order valence-electron chi connectivity index (χ2n) is 8.91. The molecule has 0 unspecified atom stereocenters. The average Bonchev–Trinajstić information content (AvgIpc) is 3.20. The van der Waals surface area contributed by atoms with Gasteiger partial charge in [0.2, 0.25) is 5.79 Å². The normalized spacial score (nSPS) is 35.4. The van der Waals surface area contributed by atoms with Gasteiger partial charge in [0.15, 0.2) is 6.29 Å². The predicted molar refractivity (Wildman–Crippen MR) is 123 cm³/mol. The molecule has 0 aromatic heterocycles. The van der Waals surface area contributed by atoms with Crippen molar-refractivity contribution in [2.45, 2.75) is 74.3 Å². The van der Waals surface area contributed by atoms with Gasteiger partial charge in [-0.05, 0) is 6.42 Å². The first-order valence-electron chi connectivity index (χ1n) is 11.8. The van der Waals surface area contributed by atoms with Crippen molar-refractivity contribution in [3.63, 3.8) is 0 Å². The Bertz CT molecular complexity index is 587. The zero-order chi connectivity index (χ0) is 29.7. The number of hydrogen-bond acceptors (Lipinski definition) is 17. The first-order chi connectivity index (χ1) is 17.9. The van der Waals surface area contributed by atoms with E-state index in [0.29, 0.717) is 6.42 Å². The molecule has 9 atom stereocenters. The zero-order valence-corrected chi connectivity index (χ0v) is 21.0. The van der Waals surface area contributed by atoms with Crippen LogP contribution in [0.5, 0.6) is 0 Å². The number of ether oxygens (including phenoxy) is 3. The van der Waals surface area contributed by atoms with Crippen molar-refractivity contribution in [1.29, 1.82) is 0 Å². The van der Waals surface area contributed by atoms with Gasteiger partial charge < -0.3 is 85.7 Å². The second-order valence-corrected chi connectivity index (χ2v) is 8.91. The van der Waals surface area contributed by atoms with Gasteiger partial charge in [0.05, 0.1) is 46.2 Å². The summed E-state index contributed by atoms with van der Waals surface area (Å²) in [4.78, 5) is 0. The van der Waals surface area contributed by atoms with Crippen molar-refractivity contribution < 1.29 is 85.7 Å². The third-order valence-corrected chi connectivity index (χ3v) is 6.25. The van der Waals surface area contributed by atoms with Crippen LogP contribution in [0.1, 0.15) is 13.3 Å². The maximum absolute atomic E-state index is 10.00. The summed E-state index contributed by atoms with van der Waals surface area (Å²) in [5.41, 5.74) is -0.667. The van der Waals surface area contributed by atoms with E-state index in [2.05, 4.69) is 0 Å². The predicted octanol–water partition coefficient (Wildman–Crippen LogP) is -7.70. The Balaban J connectivity index is 0.000000752. The molecule has 2 saturated heterocycles. The molecule has 0 radical (unpaired) electrons. The Hall–Kier alpha value is -0.680. The molecule has 2 heterocycles. The number of rotatable bonds is 11.